The van der Waals surface area contributed by atoms with Gasteiger partial charge in [0.05, 0.1) is 13.2 Å². The molecule has 2 rings (SSSR count). The molecule has 1 N–H and O–H groups in total. The molecule has 1 unspecified atom stereocenters. The van der Waals surface area contributed by atoms with Crippen LogP contribution in [0.4, 0.5) is 0 Å². The highest BCUT2D eigenvalue weighted by atomic mass is 32.1. The number of rotatable bonds is 5. The molecule has 0 saturated carbocycles. The minimum absolute atomic E-state index is 0.465. The number of ether oxygens (including phenoxy) is 1. The summed E-state index contributed by atoms with van der Waals surface area (Å²) in [4.78, 5) is 4.08. The van der Waals surface area contributed by atoms with Gasteiger partial charge in [0.15, 0.2) is 0 Å². The van der Waals surface area contributed by atoms with Crippen molar-refractivity contribution in [3.05, 3.63) is 46.3 Å². The molecule has 4 heteroatoms. The van der Waals surface area contributed by atoms with Crippen LogP contribution in [0, 0.1) is 0 Å². The average Bonchev–Trinajstić information content (AvgIpc) is 2.89. The van der Waals surface area contributed by atoms with Gasteiger partial charge in [0, 0.05) is 12.3 Å². The molecule has 0 radical (unpaired) electrons. The van der Waals surface area contributed by atoms with Crippen LogP contribution < -0.4 is 4.74 Å². The van der Waals surface area contributed by atoms with Crippen molar-refractivity contribution in [2.75, 3.05) is 7.11 Å². The number of thiophene rings is 1. The molecule has 0 amide bonds. The highest BCUT2D eigenvalue weighted by Gasteiger charge is 2.08. The van der Waals surface area contributed by atoms with Crippen molar-refractivity contribution in [1.29, 1.82) is 0 Å². The van der Waals surface area contributed by atoms with E-state index in [1.54, 1.807) is 30.7 Å². The van der Waals surface area contributed by atoms with E-state index in [0.717, 1.165) is 12.0 Å². The van der Waals surface area contributed by atoms with E-state index in [0.29, 0.717) is 12.3 Å². The van der Waals surface area contributed by atoms with Gasteiger partial charge in [-0.2, -0.15) is 11.3 Å². The molecule has 17 heavy (non-hydrogen) atoms. The Labute approximate surface area is 105 Å². The van der Waals surface area contributed by atoms with E-state index in [2.05, 4.69) is 21.8 Å². The van der Waals surface area contributed by atoms with E-state index >= 15 is 0 Å². The first-order valence-electron chi connectivity index (χ1n) is 5.48. The van der Waals surface area contributed by atoms with Crippen LogP contribution in [0.1, 0.15) is 23.7 Å². The van der Waals surface area contributed by atoms with Crippen molar-refractivity contribution in [2.24, 2.45) is 0 Å². The summed E-state index contributed by atoms with van der Waals surface area (Å²) in [6.07, 6.45) is 2.80. The van der Waals surface area contributed by atoms with Crippen molar-refractivity contribution in [1.82, 2.24) is 4.98 Å². The van der Waals surface area contributed by atoms with E-state index in [9.17, 15) is 5.11 Å². The van der Waals surface area contributed by atoms with Gasteiger partial charge < -0.3 is 9.84 Å². The Morgan fingerprint density at radius 3 is 2.88 bits per heavy atom. The van der Waals surface area contributed by atoms with Crippen LogP contribution in [0.25, 0.3) is 0 Å². The monoisotopic (exact) mass is 249 g/mol. The van der Waals surface area contributed by atoms with Crippen molar-refractivity contribution in [3.8, 4) is 5.88 Å². The van der Waals surface area contributed by atoms with E-state index in [1.807, 2.05) is 6.07 Å². The molecule has 0 bridgehead atoms. The second-order valence-corrected chi connectivity index (χ2v) is 4.60. The molecule has 0 aliphatic heterocycles. The first-order valence-corrected chi connectivity index (χ1v) is 6.43. The Kier molecular flexibility index (Phi) is 4.12. The van der Waals surface area contributed by atoms with Crippen LogP contribution >= 0.6 is 11.3 Å². The lowest BCUT2D eigenvalue weighted by atomic mass is 10.0. The SMILES string of the molecule is COc1ccc(C(O)CCc2ccsc2)cn1. The summed E-state index contributed by atoms with van der Waals surface area (Å²) in [5.41, 5.74) is 2.11. The van der Waals surface area contributed by atoms with E-state index in [-0.39, 0.29) is 0 Å². The minimum atomic E-state index is -0.465. The summed E-state index contributed by atoms with van der Waals surface area (Å²) in [5, 5.41) is 14.2. The van der Waals surface area contributed by atoms with Crippen molar-refractivity contribution >= 4 is 11.3 Å². The fourth-order valence-electron chi connectivity index (χ4n) is 1.61. The first-order chi connectivity index (χ1) is 8.29. The zero-order valence-corrected chi connectivity index (χ0v) is 10.5. The van der Waals surface area contributed by atoms with Crippen LogP contribution in [-0.2, 0) is 6.42 Å². The van der Waals surface area contributed by atoms with Crippen molar-refractivity contribution in [2.45, 2.75) is 18.9 Å². The van der Waals surface area contributed by atoms with Crippen LogP contribution in [0.5, 0.6) is 5.88 Å². The number of aromatic nitrogens is 1. The van der Waals surface area contributed by atoms with Gasteiger partial charge in [-0.15, -0.1) is 0 Å². The van der Waals surface area contributed by atoms with Gasteiger partial charge in [-0.1, -0.05) is 0 Å². The molecule has 0 spiro atoms. The average molecular weight is 249 g/mol. The van der Waals surface area contributed by atoms with Gasteiger partial charge in [0.25, 0.3) is 0 Å². The van der Waals surface area contributed by atoms with Gasteiger partial charge in [-0.3, -0.25) is 0 Å². The van der Waals surface area contributed by atoms with Gasteiger partial charge in [0.1, 0.15) is 0 Å². The van der Waals surface area contributed by atoms with Gasteiger partial charge in [-0.05, 0) is 46.9 Å². The van der Waals surface area contributed by atoms with Crippen LogP contribution in [0.15, 0.2) is 35.2 Å². The molecule has 1 atom stereocenters. The summed E-state index contributed by atoms with van der Waals surface area (Å²) in [6.45, 7) is 0. The Morgan fingerprint density at radius 1 is 1.41 bits per heavy atom. The molecule has 3 nitrogen and oxygen atoms in total. The summed E-state index contributed by atoms with van der Waals surface area (Å²) in [7, 11) is 1.58. The molecule has 90 valence electrons. The van der Waals surface area contributed by atoms with Crippen LogP contribution in [-0.4, -0.2) is 17.2 Å². The Balaban J connectivity index is 1.92. The van der Waals surface area contributed by atoms with Gasteiger partial charge in [-0.25, -0.2) is 4.98 Å². The molecule has 0 aliphatic rings. The first kappa shape index (κ1) is 12.1. The lowest BCUT2D eigenvalue weighted by Crippen LogP contribution is -2.00. The minimum Gasteiger partial charge on any atom is -0.481 e. The third kappa shape index (κ3) is 3.28. The van der Waals surface area contributed by atoms with E-state index in [4.69, 9.17) is 4.74 Å². The Morgan fingerprint density at radius 2 is 2.29 bits per heavy atom. The summed E-state index contributed by atoms with van der Waals surface area (Å²) >= 11 is 1.68. The maximum absolute atomic E-state index is 10.0. The number of nitrogens with zero attached hydrogens (tertiary/aromatic N) is 1. The van der Waals surface area contributed by atoms with E-state index < -0.39 is 6.10 Å². The number of aryl methyl sites for hydroxylation is 1. The lowest BCUT2D eigenvalue weighted by molar-refractivity contribution is 0.167. The van der Waals surface area contributed by atoms with E-state index in [1.165, 1.54) is 5.56 Å². The zero-order valence-electron chi connectivity index (χ0n) is 9.67. The second-order valence-electron chi connectivity index (χ2n) is 3.82. The zero-order chi connectivity index (χ0) is 12.1. The maximum atomic E-state index is 10.0. The molecule has 2 heterocycles. The molecular formula is C13H15NO2S. The van der Waals surface area contributed by atoms with Crippen molar-refractivity contribution in [3.63, 3.8) is 0 Å². The highest BCUT2D eigenvalue weighted by molar-refractivity contribution is 7.07. The molecule has 2 aromatic rings. The number of aliphatic hydroxyl groups excluding tert-OH is 1. The van der Waals surface area contributed by atoms with Crippen molar-refractivity contribution < 1.29 is 9.84 Å². The molecule has 2 aromatic heterocycles. The van der Waals surface area contributed by atoms with Crippen LogP contribution in [0.3, 0.4) is 0 Å². The van der Waals surface area contributed by atoms with Gasteiger partial charge in [0.2, 0.25) is 5.88 Å². The molecule has 0 aromatic carbocycles. The lowest BCUT2D eigenvalue weighted by Gasteiger charge is -2.10. The quantitative estimate of drug-likeness (QED) is 0.886. The third-order valence-corrected chi connectivity index (χ3v) is 3.37. The smallest absolute Gasteiger partial charge is 0.212 e. The largest absolute Gasteiger partial charge is 0.481 e. The standard InChI is InChI=1S/C13H15NO2S/c1-16-13-5-3-11(8-14-13)12(15)4-2-10-6-7-17-9-10/h3,5-9,12,15H,2,4H2,1H3. The third-order valence-electron chi connectivity index (χ3n) is 2.64. The molecule has 0 aliphatic carbocycles. The number of aliphatic hydroxyl groups is 1. The number of methoxy groups -OCH3 is 1. The number of pyridine rings is 1. The topological polar surface area (TPSA) is 42.4 Å². The normalized spacial score (nSPS) is 12.4. The second kappa shape index (κ2) is 5.80. The predicted molar refractivity (Wildman–Crippen MR) is 68.4 cm³/mol. The summed E-state index contributed by atoms with van der Waals surface area (Å²) in [5.74, 6) is 0.568. The fourth-order valence-corrected chi connectivity index (χ4v) is 2.32. The highest BCUT2D eigenvalue weighted by Crippen LogP contribution is 2.20. The number of hydrogen-bond donors (Lipinski definition) is 1. The Hall–Kier alpha value is -1.39. The Bertz CT molecular complexity index is 439. The molecular weight excluding hydrogens is 234 g/mol. The van der Waals surface area contributed by atoms with Crippen LogP contribution in [0.2, 0.25) is 0 Å². The van der Waals surface area contributed by atoms with Gasteiger partial charge >= 0.3 is 0 Å². The maximum Gasteiger partial charge on any atom is 0.212 e. The fraction of sp³-hybridized carbons (Fsp3) is 0.308. The predicted octanol–water partition coefficient (Wildman–Crippen LogP) is 2.82. The molecule has 0 saturated heterocycles. The summed E-state index contributed by atoms with van der Waals surface area (Å²) in [6, 6.07) is 5.71. The molecule has 0 fully saturated rings. The number of hydrogen-bond acceptors (Lipinski definition) is 4. The summed E-state index contributed by atoms with van der Waals surface area (Å²) < 4.78 is 4.98.